The first-order valence-corrected chi connectivity index (χ1v) is 21.8. The second-order valence-electron chi connectivity index (χ2n) is 15.7. The van der Waals surface area contributed by atoms with Gasteiger partial charge in [0, 0.05) is 32.2 Å². The normalized spacial score (nSPS) is 13.0. The summed E-state index contributed by atoms with van der Waals surface area (Å²) in [6.45, 7) is 9.29. The van der Waals surface area contributed by atoms with Gasteiger partial charge in [0.1, 0.15) is 0 Å². The highest BCUT2D eigenvalue weighted by molar-refractivity contribution is 4.92. The Bertz CT molecular complexity index is 657. The summed E-state index contributed by atoms with van der Waals surface area (Å²) in [5.41, 5.74) is 0. The zero-order valence-corrected chi connectivity index (χ0v) is 34.3. The highest BCUT2D eigenvalue weighted by atomic mass is 15.2. The van der Waals surface area contributed by atoms with Crippen molar-refractivity contribution in [2.45, 2.75) is 213 Å². The standard InChI is InChI=1S/C45H91N3/c1-7-9-11-13-15-17-19-21-23-25-27-29-31-33-35-37-39-45(48(6)44-43-47(5)42-41-46(3)4)40-38-36-34-32-30-28-26-24-22-20-18-16-14-12-10-8-2/h15,17,21,23,45H,7-14,16,18-20,22,24-44H2,1-6H3/b17-15-,23-21-. The first-order valence-electron chi connectivity index (χ1n) is 21.8. The molecule has 0 amide bonds. The van der Waals surface area contributed by atoms with Crippen molar-refractivity contribution in [3.63, 3.8) is 0 Å². The molecule has 0 N–H and O–H groups in total. The third-order valence-electron chi connectivity index (χ3n) is 10.5. The second-order valence-corrected chi connectivity index (χ2v) is 15.7. The number of likely N-dealkylation sites (N-methyl/N-ethyl adjacent to an activating group) is 3. The Morgan fingerprint density at radius 3 is 1.17 bits per heavy atom. The van der Waals surface area contributed by atoms with Crippen LogP contribution in [0.25, 0.3) is 0 Å². The van der Waals surface area contributed by atoms with Crippen LogP contribution < -0.4 is 0 Å². The highest BCUT2D eigenvalue weighted by Crippen LogP contribution is 2.19. The van der Waals surface area contributed by atoms with Gasteiger partial charge in [0.2, 0.25) is 0 Å². The quantitative estimate of drug-likeness (QED) is 0.0475. The summed E-state index contributed by atoms with van der Waals surface area (Å²) in [7, 11) is 9.07. The summed E-state index contributed by atoms with van der Waals surface area (Å²) >= 11 is 0. The summed E-state index contributed by atoms with van der Waals surface area (Å²) in [4.78, 5) is 7.53. The fraction of sp³-hybridized carbons (Fsp3) is 0.911. The van der Waals surface area contributed by atoms with E-state index in [2.05, 4.69) is 81.0 Å². The van der Waals surface area contributed by atoms with E-state index in [1.54, 1.807) is 0 Å². The Morgan fingerprint density at radius 2 is 0.729 bits per heavy atom. The molecule has 0 radical (unpaired) electrons. The van der Waals surface area contributed by atoms with Crippen LogP contribution in [0.4, 0.5) is 0 Å². The summed E-state index contributed by atoms with van der Waals surface area (Å²) in [6, 6.07) is 0.768. The van der Waals surface area contributed by atoms with Crippen molar-refractivity contribution < 1.29 is 0 Å². The molecule has 0 aliphatic rings. The Balaban J connectivity index is 4.08. The van der Waals surface area contributed by atoms with Crippen LogP contribution >= 0.6 is 0 Å². The molecule has 1 unspecified atom stereocenters. The van der Waals surface area contributed by atoms with Gasteiger partial charge in [0.25, 0.3) is 0 Å². The molecule has 0 aromatic heterocycles. The summed E-state index contributed by atoms with van der Waals surface area (Å²) in [5.74, 6) is 0. The Morgan fingerprint density at radius 1 is 0.375 bits per heavy atom. The third kappa shape index (κ3) is 36.6. The number of nitrogens with zero attached hydrogens (tertiary/aromatic N) is 3. The van der Waals surface area contributed by atoms with E-state index in [1.165, 1.54) is 199 Å². The van der Waals surface area contributed by atoms with Gasteiger partial charge in [-0.25, -0.2) is 0 Å². The van der Waals surface area contributed by atoms with Crippen LogP contribution in [0.5, 0.6) is 0 Å². The highest BCUT2D eigenvalue weighted by Gasteiger charge is 2.15. The number of allylic oxidation sites excluding steroid dienone is 4. The van der Waals surface area contributed by atoms with Crippen molar-refractivity contribution in [3.8, 4) is 0 Å². The van der Waals surface area contributed by atoms with E-state index in [1.807, 2.05) is 0 Å². The first kappa shape index (κ1) is 47.4. The lowest BCUT2D eigenvalue weighted by atomic mass is 9.98. The van der Waals surface area contributed by atoms with E-state index < -0.39 is 0 Å². The zero-order chi connectivity index (χ0) is 35.2. The minimum Gasteiger partial charge on any atom is -0.308 e. The van der Waals surface area contributed by atoms with Gasteiger partial charge in [-0.15, -0.1) is 0 Å². The third-order valence-corrected chi connectivity index (χ3v) is 10.5. The van der Waals surface area contributed by atoms with E-state index >= 15 is 0 Å². The Hall–Kier alpha value is -0.640. The predicted molar refractivity (Wildman–Crippen MR) is 221 cm³/mol. The van der Waals surface area contributed by atoms with Crippen LogP contribution in [0.2, 0.25) is 0 Å². The number of rotatable bonds is 39. The molecule has 0 saturated carbocycles. The molecule has 0 spiro atoms. The fourth-order valence-corrected chi connectivity index (χ4v) is 6.87. The van der Waals surface area contributed by atoms with Crippen molar-refractivity contribution >= 4 is 0 Å². The molecule has 0 fully saturated rings. The van der Waals surface area contributed by atoms with Crippen LogP contribution in [0.15, 0.2) is 24.3 Å². The molecular formula is C45H91N3. The van der Waals surface area contributed by atoms with Crippen LogP contribution in [0.3, 0.4) is 0 Å². The molecular weight excluding hydrogens is 583 g/mol. The maximum atomic E-state index is 2.71. The molecule has 286 valence electrons. The molecule has 0 bridgehead atoms. The van der Waals surface area contributed by atoms with Gasteiger partial charge in [-0.1, -0.05) is 186 Å². The molecule has 0 saturated heterocycles. The van der Waals surface area contributed by atoms with E-state index in [0.717, 1.165) is 25.6 Å². The fourth-order valence-electron chi connectivity index (χ4n) is 6.87. The molecule has 0 aromatic rings. The van der Waals surface area contributed by atoms with Crippen molar-refractivity contribution in [1.82, 2.24) is 14.7 Å². The topological polar surface area (TPSA) is 9.72 Å². The molecule has 0 aromatic carbocycles. The molecule has 0 heterocycles. The van der Waals surface area contributed by atoms with E-state index in [-0.39, 0.29) is 0 Å². The van der Waals surface area contributed by atoms with Crippen molar-refractivity contribution in [3.05, 3.63) is 24.3 Å². The molecule has 3 nitrogen and oxygen atoms in total. The maximum Gasteiger partial charge on any atom is 0.0109 e. The number of hydrogen-bond acceptors (Lipinski definition) is 3. The SMILES string of the molecule is CCCCC/C=C\C/C=C\CCCCCCCCC(CCCCCCCCCCCCCCCCCC)N(C)CCN(C)CCN(C)C. The monoisotopic (exact) mass is 674 g/mol. The van der Waals surface area contributed by atoms with E-state index in [4.69, 9.17) is 0 Å². The zero-order valence-electron chi connectivity index (χ0n) is 34.3. The van der Waals surface area contributed by atoms with Crippen molar-refractivity contribution in [2.24, 2.45) is 0 Å². The van der Waals surface area contributed by atoms with Gasteiger partial charge in [-0.2, -0.15) is 0 Å². The van der Waals surface area contributed by atoms with Crippen molar-refractivity contribution in [2.75, 3.05) is 54.4 Å². The number of unbranched alkanes of at least 4 members (excludes halogenated alkanes) is 24. The predicted octanol–water partition coefficient (Wildman–Crippen LogP) is 13.6. The maximum absolute atomic E-state index is 2.71. The van der Waals surface area contributed by atoms with E-state index in [0.29, 0.717) is 0 Å². The molecule has 0 aliphatic heterocycles. The number of hydrogen-bond donors (Lipinski definition) is 0. The van der Waals surface area contributed by atoms with Crippen LogP contribution in [0.1, 0.15) is 206 Å². The summed E-state index contributed by atoms with van der Waals surface area (Å²) < 4.78 is 0. The minimum absolute atomic E-state index is 0.768. The Kier molecular flexibility index (Phi) is 38.6. The average Bonchev–Trinajstić information content (AvgIpc) is 3.08. The van der Waals surface area contributed by atoms with Gasteiger partial charge in [-0.3, -0.25) is 0 Å². The van der Waals surface area contributed by atoms with Gasteiger partial charge < -0.3 is 14.7 Å². The van der Waals surface area contributed by atoms with Gasteiger partial charge in [-0.05, 0) is 73.1 Å². The lowest BCUT2D eigenvalue weighted by Crippen LogP contribution is -2.39. The molecule has 1 atom stereocenters. The molecule has 48 heavy (non-hydrogen) atoms. The minimum atomic E-state index is 0.768. The average molecular weight is 674 g/mol. The van der Waals surface area contributed by atoms with E-state index in [9.17, 15) is 0 Å². The summed E-state index contributed by atoms with van der Waals surface area (Å²) in [5, 5.41) is 0. The Labute approximate surface area is 305 Å². The molecule has 0 rings (SSSR count). The lowest BCUT2D eigenvalue weighted by Gasteiger charge is -2.30. The molecule has 0 aliphatic carbocycles. The van der Waals surface area contributed by atoms with Crippen LogP contribution in [-0.2, 0) is 0 Å². The first-order chi connectivity index (χ1) is 23.5. The van der Waals surface area contributed by atoms with Crippen LogP contribution in [0, 0.1) is 0 Å². The van der Waals surface area contributed by atoms with Gasteiger partial charge in [0.05, 0.1) is 0 Å². The van der Waals surface area contributed by atoms with Gasteiger partial charge >= 0.3 is 0 Å². The summed E-state index contributed by atoms with van der Waals surface area (Å²) in [6.07, 6.45) is 51.7. The largest absolute Gasteiger partial charge is 0.308 e. The lowest BCUT2D eigenvalue weighted by molar-refractivity contribution is 0.178. The van der Waals surface area contributed by atoms with Crippen LogP contribution in [-0.4, -0.2) is 75.1 Å². The smallest absolute Gasteiger partial charge is 0.0109 e. The molecule has 3 heteroatoms. The van der Waals surface area contributed by atoms with Crippen molar-refractivity contribution in [1.29, 1.82) is 0 Å². The second kappa shape index (κ2) is 39.2. The van der Waals surface area contributed by atoms with Gasteiger partial charge in [0.15, 0.2) is 0 Å².